The Hall–Kier alpha value is -3.48. The molecule has 0 bridgehead atoms. The van der Waals surface area contributed by atoms with Gasteiger partial charge in [0.05, 0.1) is 12.6 Å². The van der Waals surface area contributed by atoms with Crippen molar-refractivity contribution in [1.29, 1.82) is 0 Å². The van der Waals surface area contributed by atoms with E-state index in [1.165, 1.54) is 0 Å². The van der Waals surface area contributed by atoms with Crippen LogP contribution in [0.25, 0.3) is 0 Å². The van der Waals surface area contributed by atoms with Crippen LogP contribution < -0.4 is 5.32 Å². The first-order chi connectivity index (χ1) is 17.2. The van der Waals surface area contributed by atoms with Gasteiger partial charge in [-0.05, 0) is 54.5 Å². The maximum Gasteiger partial charge on any atom is 0.254 e. The lowest BCUT2D eigenvalue weighted by molar-refractivity contribution is -0.138. The Morgan fingerprint density at radius 2 is 1.58 bits per heavy atom. The van der Waals surface area contributed by atoms with Gasteiger partial charge in [-0.1, -0.05) is 58.0 Å². The number of amides is 3. The zero-order valence-corrected chi connectivity index (χ0v) is 21.4. The molecule has 0 radical (unpaired) electrons. The lowest BCUT2D eigenvalue weighted by Crippen LogP contribution is -2.53. The molecule has 2 aromatic rings. The molecule has 1 N–H and O–H groups in total. The van der Waals surface area contributed by atoms with Gasteiger partial charge in [0.15, 0.2) is 5.78 Å². The van der Waals surface area contributed by atoms with Crippen molar-refractivity contribution in [3.63, 3.8) is 0 Å². The molecule has 36 heavy (non-hydrogen) atoms. The number of ketones is 1. The zero-order valence-electron chi connectivity index (χ0n) is 21.4. The number of likely N-dealkylation sites (tertiary alicyclic amines) is 2. The molecular weight excluding hydrogens is 454 g/mol. The summed E-state index contributed by atoms with van der Waals surface area (Å²) >= 11 is 0. The fourth-order valence-corrected chi connectivity index (χ4v) is 5.24. The van der Waals surface area contributed by atoms with Crippen molar-refractivity contribution >= 4 is 23.5 Å². The van der Waals surface area contributed by atoms with Gasteiger partial charge in [0.25, 0.3) is 11.8 Å². The average molecular weight is 490 g/mol. The fraction of sp³-hybridized carbons (Fsp3) is 0.448. The Labute approximate surface area is 212 Å². The molecule has 0 saturated carbocycles. The number of benzene rings is 2. The monoisotopic (exact) mass is 489 g/mol. The van der Waals surface area contributed by atoms with E-state index in [1.807, 2.05) is 32.0 Å². The van der Waals surface area contributed by atoms with Gasteiger partial charge in [0.2, 0.25) is 5.91 Å². The number of nitrogens with one attached hydrogen (secondary N) is 1. The largest absolute Gasteiger partial charge is 0.340 e. The van der Waals surface area contributed by atoms with Crippen LogP contribution in [0.1, 0.15) is 72.7 Å². The number of Topliss-reactive ketones (excluding diaryl/α,β-unsaturated/α-hetero) is 1. The van der Waals surface area contributed by atoms with Crippen LogP contribution in [-0.2, 0) is 9.59 Å². The predicted molar refractivity (Wildman–Crippen MR) is 138 cm³/mol. The number of fused-ring (bicyclic) bond motifs is 1. The highest BCUT2D eigenvalue weighted by Crippen LogP contribution is 2.32. The minimum Gasteiger partial charge on any atom is -0.340 e. The van der Waals surface area contributed by atoms with Crippen LogP contribution in [0, 0.1) is 5.92 Å². The van der Waals surface area contributed by atoms with Crippen LogP contribution >= 0.6 is 0 Å². The molecule has 7 heteroatoms. The number of hydrogen-bond acceptors (Lipinski definition) is 4. The molecule has 3 atom stereocenters. The Kier molecular flexibility index (Phi) is 7.57. The van der Waals surface area contributed by atoms with Crippen molar-refractivity contribution in [1.82, 2.24) is 15.1 Å². The van der Waals surface area contributed by atoms with Gasteiger partial charge in [-0.15, -0.1) is 0 Å². The number of carbonyl (C=O) groups excluding carboxylic acids is 4. The minimum absolute atomic E-state index is 0.00372. The maximum atomic E-state index is 13.7. The number of hydrogen-bond donors (Lipinski definition) is 1. The van der Waals surface area contributed by atoms with Crippen molar-refractivity contribution in [2.24, 2.45) is 5.92 Å². The molecule has 0 spiro atoms. The van der Waals surface area contributed by atoms with E-state index in [9.17, 15) is 19.2 Å². The summed E-state index contributed by atoms with van der Waals surface area (Å²) in [6, 6.07) is 14.6. The molecule has 2 saturated heterocycles. The van der Waals surface area contributed by atoms with E-state index in [2.05, 4.69) is 19.2 Å². The van der Waals surface area contributed by atoms with E-state index in [1.54, 1.807) is 46.2 Å². The highest BCUT2D eigenvalue weighted by Gasteiger charge is 2.52. The Bertz CT molecular complexity index is 1130. The standard InChI is InChI=1S/C29H35N3O4/c1-18(2)16-23(30-27(34)21-12-10-20(11-13-21)19(3)4)29(36)31-15-14-24-26(31)25(33)17-32(24)28(35)22-8-6-5-7-9-22/h5-13,18-19,23-24,26H,14-17H2,1-4H3,(H,30,34)/t23-,24?,26?/m0/s1. The van der Waals surface area contributed by atoms with E-state index in [4.69, 9.17) is 0 Å². The van der Waals surface area contributed by atoms with E-state index in [-0.39, 0.29) is 42.0 Å². The molecule has 2 aliphatic rings. The lowest BCUT2D eigenvalue weighted by Gasteiger charge is -2.29. The summed E-state index contributed by atoms with van der Waals surface area (Å²) < 4.78 is 0. The first-order valence-electron chi connectivity index (χ1n) is 12.8. The van der Waals surface area contributed by atoms with E-state index in [0.717, 1.165) is 5.56 Å². The normalized spacial score (nSPS) is 20.1. The SMILES string of the molecule is CC(C)C[C@H](NC(=O)c1ccc(C(C)C)cc1)C(=O)N1CCC2C1C(=O)CN2C(=O)c1ccccc1. The third kappa shape index (κ3) is 5.20. The molecule has 2 unspecified atom stereocenters. The first kappa shape index (κ1) is 25.6. The highest BCUT2D eigenvalue weighted by molar-refractivity contribution is 6.03. The molecule has 190 valence electrons. The topological polar surface area (TPSA) is 86.8 Å². The zero-order chi connectivity index (χ0) is 26.0. The summed E-state index contributed by atoms with van der Waals surface area (Å²) in [5.41, 5.74) is 2.17. The maximum absolute atomic E-state index is 13.7. The van der Waals surface area contributed by atoms with Crippen molar-refractivity contribution in [3.8, 4) is 0 Å². The number of nitrogens with zero attached hydrogens (tertiary/aromatic N) is 2. The third-order valence-corrected chi connectivity index (χ3v) is 7.14. The quantitative estimate of drug-likeness (QED) is 0.643. The van der Waals surface area contributed by atoms with Crippen LogP contribution in [-0.4, -0.2) is 64.5 Å². The van der Waals surface area contributed by atoms with E-state index in [0.29, 0.717) is 36.4 Å². The van der Waals surface area contributed by atoms with Crippen molar-refractivity contribution < 1.29 is 19.2 Å². The van der Waals surface area contributed by atoms with Crippen LogP contribution in [0.5, 0.6) is 0 Å². The van der Waals surface area contributed by atoms with Crippen LogP contribution in [0.2, 0.25) is 0 Å². The second-order valence-electron chi connectivity index (χ2n) is 10.5. The van der Waals surface area contributed by atoms with Gasteiger partial charge in [-0.3, -0.25) is 19.2 Å². The van der Waals surface area contributed by atoms with Gasteiger partial charge in [-0.2, -0.15) is 0 Å². The van der Waals surface area contributed by atoms with Crippen molar-refractivity contribution in [2.45, 2.75) is 64.6 Å². The van der Waals surface area contributed by atoms with Gasteiger partial charge in [-0.25, -0.2) is 0 Å². The third-order valence-electron chi connectivity index (χ3n) is 7.14. The van der Waals surface area contributed by atoms with Crippen LogP contribution in [0.3, 0.4) is 0 Å². The molecular formula is C29H35N3O4. The second kappa shape index (κ2) is 10.6. The molecule has 2 aromatic carbocycles. The highest BCUT2D eigenvalue weighted by atomic mass is 16.2. The Morgan fingerprint density at radius 3 is 2.19 bits per heavy atom. The minimum atomic E-state index is -0.743. The number of carbonyl (C=O) groups is 4. The molecule has 0 aliphatic carbocycles. The summed E-state index contributed by atoms with van der Waals surface area (Å²) in [5, 5.41) is 2.92. The summed E-state index contributed by atoms with van der Waals surface area (Å²) in [5.74, 6) is -0.366. The summed E-state index contributed by atoms with van der Waals surface area (Å²) in [7, 11) is 0. The smallest absolute Gasteiger partial charge is 0.254 e. The molecule has 7 nitrogen and oxygen atoms in total. The molecule has 3 amide bonds. The van der Waals surface area contributed by atoms with E-state index >= 15 is 0 Å². The average Bonchev–Trinajstić information content (AvgIpc) is 3.44. The van der Waals surface area contributed by atoms with Crippen LogP contribution in [0.4, 0.5) is 0 Å². The van der Waals surface area contributed by atoms with Gasteiger partial charge >= 0.3 is 0 Å². The van der Waals surface area contributed by atoms with E-state index < -0.39 is 12.1 Å². The predicted octanol–water partition coefficient (Wildman–Crippen LogP) is 3.65. The summed E-state index contributed by atoms with van der Waals surface area (Å²) in [4.78, 5) is 56.0. The molecule has 0 aromatic heterocycles. The van der Waals surface area contributed by atoms with Gasteiger partial charge < -0.3 is 15.1 Å². The number of rotatable bonds is 7. The Balaban J connectivity index is 1.50. The van der Waals surface area contributed by atoms with Gasteiger partial charge in [0.1, 0.15) is 12.1 Å². The summed E-state index contributed by atoms with van der Waals surface area (Å²) in [6.07, 6.45) is 1.00. The second-order valence-corrected chi connectivity index (χ2v) is 10.5. The molecule has 2 aliphatic heterocycles. The molecule has 2 fully saturated rings. The lowest BCUT2D eigenvalue weighted by atomic mass is 10.00. The van der Waals surface area contributed by atoms with Crippen molar-refractivity contribution in [2.75, 3.05) is 13.1 Å². The molecule has 2 heterocycles. The first-order valence-corrected chi connectivity index (χ1v) is 12.8. The van der Waals surface area contributed by atoms with Gasteiger partial charge in [0, 0.05) is 17.7 Å². The Morgan fingerprint density at radius 1 is 0.917 bits per heavy atom. The fourth-order valence-electron chi connectivity index (χ4n) is 5.24. The molecule has 4 rings (SSSR count). The van der Waals surface area contributed by atoms with Crippen LogP contribution in [0.15, 0.2) is 54.6 Å². The summed E-state index contributed by atoms with van der Waals surface area (Å²) in [6.45, 7) is 8.56. The van der Waals surface area contributed by atoms with Crippen molar-refractivity contribution in [3.05, 3.63) is 71.3 Å².